The maximum Gasteiger partial charge on any atom is 0.244 e. The van der Waals surface area contributed by atoms with Crippen molar-refractivity contribution in [3.63, 3.8) is 0 Å². The lowest BCUT2D eigenvalue weighted by Crippen LogP contribution is -2.10. The summed E-state index contributed by atoms with van der Waals surface area (Å²) >= 11 is 0. The Kier molecular flexibility index (Phi) is 5.98. The molecule has 0 aliphatic carbocycles. The molecule has 1 heterocycles. The summed E-state index contributed by atoms with van der Waals surface area (Å²) in [6.07, 6.45) is 3.42. The van der Waals surface area contributed by atoms with Crippen LogP contribution >= 0.6 is 0 Å². The Morgan fingerprint density at radius 3 is 2.81 bits per heavy atom. The average Bonchev–Trinajstić information content (AvgIpc) is 2.69. The first-order valence-electron chi connectivity index (χ1n) is 8.70. The zero-order valence-electron chi connectivity index (χ0n) is 15.1. The Hall–Kier alpha value is -3.15. The van der Waals surface area contributed by atoms with Crippen molar-refractivity contribution in [2.75, 3.05) is 24.3 Å². The third-order valence-electron chi connectivity index (χ3n) is 4.05. The second kappa shape index (κ2) is 8.80. The molecule has 0 fully saturated rings. The largest absolute Gasteiger partial charge is 0.497 e. The molecule has 0 radical (unpaired) electrons. The van der Waals surface area contributed by atoms with Gasteiger partial charge in [-0.25, -0.2) is 0 Å². The first-order chi connectivity index (χ1) is 12.8. The van der Waals surface area contributed by atoms with E-state index in [-0.39, 0.29) is 0 Å². The molecule has 1 aromatic heterocycles. The smallest absolute Gasteiger partial charge is 0.244 e. The minimum Gasteiger partial charge on any atom is -0.497 e. The Balaban J connectivity index is 1.60. The fourth-order valence-corrected chi connectivity index (χ4v) is 2.67. The molecular weight excluding hydrogens is 326 g/mol. The molecule has 0 aliphatic rings. The van der Waals surface area contributed by atoms with Gasteiger partial charge >= 0.3 is 0 Å². The van der Waals surface area contributed by atoms with Gasteiger partial charge in [0, 0.05) is 12.2 Å². The van der Waals surface area contributed by atoms with Crippen molar-refractivity contribution in [2.45, 2.75) is 19.8 Å². The van der Waals surface area contributed by atoms with Gasteiger partial charge in [-0.3, -0.25) is 0 Å². The maximum absolute atomic E-state index is 5.25. The first-order valence-corrected chi connectivity index (χ1v) is 8.70. The number of anilines is 3. The van der Waals surface area contributed by atoms with Crippen molar-refractivity contribution < 1.29 is 4.74 Å². The second-order valence-electron chi connectivity index (χ2n) is 5.83. The molecule has 0 aliphatic heterocycles. The van der Waals surface area contributed by atoms with Crippen molar-refractivity contribution >= 4 is 17.5 Å². The van der Waals surface area contributed by atoms with Crippen molar-refractivity contribution in [1.29, 1.82) is 0 Å². The van der Waals surface area contributed by atoms with Crippen LogP contribution in [0.2, 0.25) is 0 Å². The third-order valence-corrected chi connectivity index (χ3v) is 4.05. The summed E-state index contributed by atoms with van der Waals surface area (Å²) in [7, 11) is 1.67. The van der Waals surface area contributed by atoms with Crippen LogP contribution in [0.4, 0.5) is 17.5 Å². The standard InChI is InChI=1S/C20H23N5O/c1-3-16-8-4-5-10-18(16)23-19-14-22-25-20(24-19)21-12-11-15-7-6-9-17(13-15)26-2/h4-10,13-14H,3,11-12H2,1-2H3,(H2,21,23,24,25). The predicted octanol–water partition coefficient (Wildman–Crippen LogP) is 3.84. The van der Waals surface area contributed by atoms with E-state index < -0.39 is 0 Å². The average molecular weight is 349 g/mol. The Morgan fingerprint density at radius 2 is 1.96 bits per heavy atom. The molecule has 26 heavy (non-hydrogen) atoms. The molecule has 0 spiro atoms. The minimum absolute atomic E-state index is 0.506. The highest BCUT2D eigenvalue weighted by molar-refractivity contribution is 5.60. The van der Waals surface area contributed by atoms with Crippen LogP contribution in [0.3, 0.4) is 0 Å². The summed E-state index contributed by atoms with van der Waals surface area (Å²) in [6, 6.07) is 16.2. The fraction of sp³-hybridized carbons (Fsp3) is 0.250. The maximum atomic E-state index is 5.25. The highest BCUT2D eigenvalue weighted by atomic mass is 16.5. The van der Waals surface area contributed by atoms with Crippen molar-refractivity contribution in [3.05, 3.63) is 65.9 Å². The van der Waals surface area contributed by atoms with Gasteiger partial charge in [0.25, 0.3) is 0 Å². The van der Waals surface area contributed by atoms with Gasteiger partial charge in [-0.2, -0.15) is 10.1 Å². The second-order valence-corrected chi connectivity index (χ2v) is 5.83. The first kappa shape index (κ1) is 17.7. The Morgan fingerprint density at radius 1 is 1.08 bits per heavy atom. The van der Waals surface area contributed by atoms with E-state index in [1.807, 2.05) is 36.4 Å². The quantitative estimate of drug-likeness (QED) is 0.644. The number of rotatable bonds is 8. The lowest BCUT2D eigenvalue weighted by Gasteiger charge is -2.11. The van der Waals surface area contributed by atoms with Gasteiger partial charge in [0.05, 0.1) is 13.3 Å². The topological polar surface area (TPSA) is 72.0 Å². The number of para-hydroxylation sites is 1. The van der Waals surface area contributed by atoms with E-state index in [4.69, 9.17) is 4.74 Å². The van der Waals surface area contributed by atoms with Crippen molar-refractivity contribution in [2.24, 2.45) is 0 Å². The zero-order chi connectivity index (χ0) is 18.2. The SMILES string of the molecule is CCc1ccccc1Nc1cnnc(NCCc2cccc(OC)c2)n1. The molecule has 0 atom stereocenters. The number of ether oxygens (including phenoxy) is 1. The molecule has 6 heteroatoms. The molecule has 2 aromatic carbocycles. The summed E-state index contributed by atoms with van der Waals surface area (Å²) in [6.45, 7) is 2.84. The summed E-state index contributed by atoms with van der Waals surface area (Å²) < 4.78 is 5.25. The molecule has 0 amide bonds. The number of methoxy groups -OCH3 is 1. The molecule has 0 bridgehead atoms. The van der Waals surface area contributed by atoms with Gasteiger partial charge in [-0.15, -0.1) is 5.10 Å². The van der Waals surface area contributed by atoms with Crippen molar-refractivity contribution in [1.82, 2.24) is 15.2 Å². The fourth-order valence-electron chi connectivity index (χ4n) is 2.67. The van der Waals surface area contributed by atoms with Gasteiger partial charge in [-0.1, -0.05) is 37.3 Å². The van der Waals surface area contributed by atoms with Gasteiger partial charge in [0.15, 0.2) is 5.82 Å². The van der Waals surface area contributed by atoms with Crippen LogP contribution in [0.15, 0.2) is 54.7 Å². The van der Waals surface area contributed by atoms with Crippen LogP contribution in [-0.4, -0.2) is 28.8 Å². The number of benzene rings is 2. The molecule has 0 saturated heterocycles. The normalized spacial score (nSPS) is 10.4. The van der Waals surface area contributed by atoms with E-state index in [2.05, 4.69) is 44.9 Å². The van der Waals surface area contributed by atoms with Crippen LogP contribution in [-0.2, 0) is 12.8 Å². The van der Waals surface area contributed by atoms with E-state index in [1.165, 1.54) is 11.1 Å². The van der Waals surface area contributed by atoms with E-state index in [9.17, 15) is 0 Å². The highest BCUT2D eigenvalue weighted by Gasteiger charge is 2.04. The number of hydrogen-bond acceptors (Lipinski definition) is 6. The number of hydrogen-bond donors (Lipinski definition) is 2. The lowest BCUT2D eigenvalue weighted by atomic mass is 10.1. The van der Waals surface area contributed by atoms with Crippen LogP contribution in [0.25, 0.3) is 0 Å². The molecule has 2 N–H and O–H groups in total. The summed E-state index contributed by atoms with van der Waals surface area (Å²) in [5, 5.41) is 14.6. The van der Waals surface area contributed by atoms with Crippen LogP contribution < -0.4 is 15.4 Å². The summed E-state index contributed by atoms with van der Waals surface area (Å²) in [5.74, 6) is 2.04. The Labute approximate surface area is 153 Å². The summed E-state index contributed by atoms with van der Waals surface area (Å²) in [4.78, 5) is 4.49. The number of aryl methyl sites for hydroxylation is 1. The molecular formula is C20H23N5O. The Bertz CT molecular complexity index is 853. The van der Waals surface area contributed by atoms with Gasteiger partial charge in [-0.05, 0) is 42.2 Å². The van der Waals surface area contributed by atoms with Crippen molar-refractivity contribution in [3.8, 4) is 5.75 Å². The van der Waals surface area contributed by atoms with E-state index in [0.717, 1.165) is 24.3 Å². The van der Waals surface area contributed by atoms with E-state index >= 15 is 0 Å². The van der Waals surface area contributed by atoms with E-state index in [1.54, 1.807) is 13.3 Å². The summed E-state index contributed by atoms with van der Waals surface area (Å²) in [5.41, 5.74) is 3.47. The number of nitrogens with zero attached hydrogens (tertiary/aromatic N) is 3. The molecule has 3 aromatic rings. The molecule has 3 rings (SSSR count). The van der Waals surface area contributed by atoms with Gasteiger partial charge in [0.2, 0.25) is 5.95 Å². The monoisotopic (exact) mass is 349 g/mol. The molecule has 0 unspecified atom stereocenters. The lowest BCUT2D eigenvalue weighted by molar-refractivity contribution is 0.414. The highest BCUT2D eigenvalue weighted by Crippen LogP contribution is 2.20. The number of nitrogens with one attached hydrogen (secondary N) is 2. The van der Waals surface area contributed by atoms with Crippen LogP contribution in [0.1, 0.15) is 18.1 Å². The third kappa shape index (κ3) is 4.69. The zero-order valence-corrected chi connectivity index (χ0v) is 15.1. The van der Waals surface area contributed by atoms with E-state index in [0.29, 0.717) is 18.3 Å². The van der Waals surface area contributed by atoms with Crippen LogP contribution in [0.5, 0.6) is 5.75 Å². The molecule has 0 saturated carbocycles. The van der Waals surface area contributed by atoms with Crippen LogP contribution in [0, 0.1) is 0 Å². The molecule has 6 nitrogen and oxygen atoms in total. The van der Waals surface area contributed by atoms with Gasteiger partial charge in [0.1, 0.15) is 5.75 Å². The number of aromatic nitrogens is 3. The molecule has 134 valence electrons. The van der Waals surface area contributed by atoms with Gasteiger partial charge < -0.3 is 15.4 Å². The minimum atomic E-state index is 0.506. The predicted molar refractivity (Wildman–Crippen MR) is 104 cm³/mol.